The van der Waals surface area contributed by atoms with Crippen LogP contribution in [0.3, 0.4) is 0 Å². The molecule has 1 amide bonds. The Hall–Kier alpha value is -3.66. The van der Waals surface area contributed by atoms with Gasteiger partial charge in [-0.2, -0.15) is 8.78 Å². The topological polar surface area (TPSA) is 78.3 Å². The van der Waals surface area contributed by atoms with E-state index in [9.17, 15) is 13.6 Å². The van der Waals surface area contributed by atoms with E-state index in [0.29, 0.717) is 46.3 Å². The molecular weight excluding hydrogens is 474 g/mol. The zero-order valence-corrected chi connectivity index (χ0v) is 19.6. The smallest absolute Gasteiger partial charge is 0.320 e. The van der Waals surface area contributed by atoms with Gasteiger partial charge in [0.1, 0.15) is 24.1 Å². The van der Waals surface area contributed by atoms with E-state index in [1.54, 1.807) is 49.5 Å². The Kier molecular flexibility index (Phi) is 6.54. The van der Waals surface area contributed by atoms with Crippen molar-refractivity contribution in [1.29, 1.82) is 0 Å². The van der Waals surface area contributed by atoms with Gasteiger partial charge in [0.05, 0.1) is 16.6 Å². The molecule has 0 saturated carbocycles. The predicted octanol–water partition coefficient (Wildman–Crippen LogP) is 5.28. The molecule has 0 spiro atoms. The lowest BCUT2D eigenvalue weighted by Crippen LogP contribution is -2.29. The van der Waals surface area contributed by atoms with E-state index in [1.807, 2.05) is 18.2 Å². The van der Waals surface area contributed by atoms with Gasteiger partial charge in [-0.05, 0) is 42.5 Å². The van der Waals surface area contributed by atoms with Crippen LogP contribution in [0.2, 0.25) is 0 Å². The molecule has 1 N–H and O–H groups in total. The van der Waals surface area contributed by atoms with Gasteiger partial charge in [0.15, 0.2) is 11.5 Å². The summed E-state index contributed by atoms with van der Waals surface area (Å²) in [6.45, 7) is 0.154. The second kappa shape index (κ2) is 9.91. The Morgan fingerprint density at radius 1 is 1.11 bits per heavy atom. The quantitative estimate of drug-likeness (QED) is 0.375. The summed E-state index contributed by atoms with van der Waals surface area (Å²) in [6, 6.07) is 15.7. The summed E-state index contributed by atoms with van der Waals surface area (Å²) in [6.07, 6.45) is 1.62. The van der Waals surface area contributed by atoms with Crippen molar-refractivity contribution in [3.05, 3.63) is 72.2 Å². The maximum atomic E-state index is 13.8. The van der Waals surface area contributed by atoms with E-state index in [2.05, 4.69) is 15.3 Å². The van der Waals surface area contributed by atoms with Gasteiger partial charge in [0.2, 0.25) is 0 Å². The third-order valence-corrected chi connectivity index (χ3v) is 6.58. The zero-order chi connectivity index (χ0) is 24.4. The fraction of sp³-hybridized carbons (Fsp3) is 0.240. The van der Waals surface area contributed by atoms with Crippen LogP contribution in [0.25, 0.3) is 11.0 Å². The standard InChI is InChI=1S/C25H22F2N4O3S/c1-15(22-30-18-6-2-3-7-19(18)31(22)25(26)27)14-29-23(32)17-5-4-10-28-24(17)35-16-8-9-20-21(13-16)34-12-11-33-20/h2-10,13,15,25H,11-12,14H2,1H3,(H,29,32)/t15-/m1/s1. The van der Waals surface area contributed by atoms with Gasteiger partial charge in [-0.15, -0.1) is 0 Å². The summed E-state index contributed by atoms with van der Waals surface area (Å²) in [4.78, 5) is 22.6. The molecule has 0 radical (unpaired) electrons. The molecule has 2 aromatic heterocycles. The molecule has 1 aliphatic heterocycles. The van der Waals surface area contributed by atoms with E-state index < -0.39 is 12.5 Å². The first-order valence-corrected chi connectivity index (χ1v) is 11.9. The normalized spacial score (nSPS) is 13.7. The lowest BCUT2D eigenvalue weighted by molar-refractivity contribution is 0.0703. The number of carbonyl (C=O) groups is 1. The summed E-state index contributed by atoms with van der Waals surface area (Å²) in [7, 11) is 0. The fourth-order valence-corrected chi connectivity index (χ4v) is 4.80. The van der Waals surface area contributed by atoms with Gasteiger partial charge in [-0.25, -0.2) is 9.97 Å². The molecule has 4 aromatic rings. The monoisotopic (exact) mass is 496 g/mol. The van der Waals surface area contributed by atoms with Gasteiger partial charge in [0.25, 0.3) is 5.91 Å². The summed E-state index contributed by atoms with van der Waals surface area (Å²) in [5.74, 6) is 0.775. The van der Waals surface area contributed by atoms with Gasteiger partial charge < -0.3 is 14.8 Å². The first kappa shape index (κ1) is 23.1. The van der Waals surface area contributed by atoms with Crippen molar-refractivity contribution >= 4 is 28.7 Å². The first-order valence-electron chi connectivity index (χ1n) is 11.1. The van der Waals surface area contributed by atoms with Crippen molar-refractivity contribution in [1.82, 2.24) is 19.9 Å². The highest BCUT2D eigenvalue weighted by atomic mass is 32.2. The van der Waals surface area contributed by atoms with Gasteiger partial charge in [-0.3, -0.25) is 9.36 Å². The van der Waals surface area contributed by atoms with Crippen LogP contribution < -0.4 is 14.8 Å². The fourth-order valence-electron chi connectivity index (χ4n) is 3.89. The van der Waals surface area contributed by atoms with Crippen molar-refractivity contribution in [2.75, 3.05) is 19.8 Å². The molecule has 0 aliphatic carbocycles. The Morgan fingerprint density at radius 2 is 1.91 bits per heavy atom. The number of nitrogens with one attached hydrogen (secondary N) is 1. The number of aromatic nitrogens is 3. The maximum Gasteiger partial charge on any atom is 0.320 e. The molecule has 7 nitrogen and oxygen atoms in total. The Bertz CT molecular complexity index is 1380. The summed E-state index contributed by atoms with van der Waals surface area (Å²) < 4.78 is 39.7. The number of fused-ring (bicyclic) bond motifs is 2. The Balaban J connectivity index is 1.32. The second-order valence-corrected chi connectivity index (χ2v) is 9.04. The summed E-state index contributed by atoms with van der Waals surface area (Å²) in [5, 5.41) is 3.37. The van der Waals surface area contributed by atoms with E-state index in [-0.39, 0.29) is 18.3 Å². The SMILES string of the molecule is C[C@H](CNC(=O)c1cccnc1Sc1ccc2c(c1)OCCO2)c1nc2ccccc2n1C(F)F. The van der Waals surface area contributed by atoms with Crippen LogP contribution in [0.5, 0.6) is 11.5 Å². The van der Waals surface area contributed by atoms with Gasteiger partial charge in [-0.1, -0.05) is 30.8 Å². The number of alkyl halides is 2. The number of benzene rings is 2. The number of hydrogen-bond acceptors (Lipinski definition) is 6. The van der Waals surface area contributed by atoms with E-state index >= 15 is 0 Å². The zero-order valence-electron chi connectivity index (χ0n) is 18.8. The van der Waals surface area contributed by atoms with Crippen molar-refractivity contribution in [3.63, 3.8) is 0 Å². The molecule has 0 bridgehead atoms. The molecule has 3 heterocycles. The Morgan fingerprint density at radius 3 is 2.74 bits per heavy atom. The van der Waals surface area contributed by atoms with Crippen LogP contribution in [0.15, 0.2) is 70.7 Å². The third kappa shape index (κ3) is 4.79. The lowest BCUT2D eigenvalue weighted by Gasteiger charge is -2.19. The van der Waals surface area contributed by atoms with Crippen LogP contribution in [0, 0.1) is 0 Å². The number of hydrogen-bond donors (Lipinski definition) is 1. The molecule has 10 heteroatoms. The van der Waals surface area contributed by atoms with Crippen molar-refractivity contribution in [3.8, 4) is 11.5 Å². The van der Waals surface area contributed by atoms with Crippen molar-refractivity contribution < 1.29 is 23.0 Å². The third-order valence-electron chi connectivity index (χ3n) is 5.57. The molecular formula is C25H22F2N4O3S. The molecule has 1 atom stereocenters. The number of para-hydroxylation sites is 2. The number of nitrogens with zero attached hydrogens (tertiary/aromatic N) is 3. The molecule has 0 saturated heterocycles. The molecule has 35 heavy (non-hydrogen) atoms. The van der Waals surface area contributed by atoms with Crippen LogP contribution in [0.1, 0.15) is 35.6 Å². The van der Waals surface area contributed by atoms with Crippen molar-refractivity contribution in [2.24, 2.45) is 0 Å². The summed E-state index contributed by atoms with van der Waals surface area (Å²) in [5.41, 5.74) is 1.24. The largest absolute Gasteiger partial charge is 0.486 e. The first-order chi connectivity index (χ1) is 17.0. The number of ether oxygens (including phenoxy) is 2. The number of pyridine rings is 1. The van der Waals surface area contributed by atoms with Crippen molar-refractivity contribution in [2.45, 2.75) is 29.3 Å². The summed E-state index contributed by atoms with van der Waals surface area (Å²) >= 11 is 1.33. The van der Waals surface area contributed by atoms with Gasteiger partial charge in [0, 0.05) is 23.6 Å². The number of amides is 1. The van der Waals surface area contributed by atoms with E-state index in [0.717, 1.165) is 9.46 Å². The lowest BCUT2D eigenvalue weighted by atomic mass is 10.1. The minimum Gasteiger partial charge on any atom is -0.486 e. The van der Waals surface area contributed by atoms with E-state index in [4.69, 9.17) is 9.47 Å². The van der Waals surface area contributed by atoms with Crippen LogP contribution >= 0.6 is 11.8 Å². The predicted molar refractivity (Wildman–Crippen MR) is 128 cm³/mol. The molecule has 180 valence electrons. The van der Waals surface area contributed by atoms with Gasteiger partial charge >= 0.3 is 6.55 Å². The molecule has 1 aliphatic rings. The van der Waals surface area contributed by atoms with Crippen LogP contribution in [0.4, 0.5) is 8.78 Å². The number of halogens is 2. The van der Waals surface area contributed by atoms with Crippen LogP contribution in [-0.4, -0.2) is 40.2 Å². The number of carbonyl (C=O) groups excluding carboxylic acids is 1. The minimum atomic E-state index is -2.73. The Labute approximate surface area is 204 Å². The van der Waals surface area contributed by atoms with Crippen LogP contribution in [-0.2, 0) is 0 Å². The average Bonchev–Trinajstić information content (AvgIpc) is 3.27. The molecule has 0 unspecified atom stereocenters. The minimum absolute atomic E-state index is 0.137. The highest BCUT2D eigenvalue weighted by Gasteiger charge is 2.23. The van der Waals surface area contributed by atoms with E-state index in [1.165, 1.54) is 11.8 Å². The average molecular weight is 497 g/mol. The number of rotatable bonds is 7. The maximum absolute atomic E-state index is 13.8. The molecule has 0 fully saturated rings. The highest BCUT2D eigenvalue weighted by Crippen LogP contribution is 2.37. The highest BCUT2D eigenvalue weighted by molar-refractivity contribution is 7.99. The molecule has 2 aromatic carbocycles. The molecule has 5 rings (SSSR count). The number of imidazole rings is 1. The second-order valence-electron chi connectivity index (χ2n) is 7.98.